The minimum absolute atomic E-state index is 0.193. The predicted octanol–water partition coefficient (Wildman–Crippen LogP) is 2.42. The van der Waals surface area contributed by atoms with Gasteiger partial charge in [0.25, 0.3) is 0 Å². The Bertz CT molecular complexity index is 641. The lowest BCUT2D eigenvalue weighted by Crippen LogP contribution is -1.99. The number of carbonyl (C=O) groups is 1. The summed E-state index contributed by atoms with van der Waals surface area (Å²) >= 11 is 0. The zero-order chi connectivity index (χ0) is 13.8. The Kier molecular flexibility index (Phi) is 3.42. The zero-order valence-corrected chi connectivity index (χ0v) is 9.76. The summed E-state index contributed by atoms with van der Waals surface area (Å²) in [6.45, 7) is 0. The second-order valence-corrected chi connectivity index (χ2v) is 3.76. The van der Waals surface area contributed by atoms with Crippen molar-refractivity contribution in [2.75, 3.05) is 0 Å². The minimum atomic E-state index is -0.993. The molecule has 6 nitrogen and oxygen atoms in total. The lowest BCUT2D eigenvalue weighted by Gasteiger charge is -2.06. The number of aromatic nitrogens is 1. The first-order chi connectivity index (χ1) is 9.08. The number of rotatable bonds is 4. The maximum Gasteiger partial charge on any atom is 0.335 e. The first-order valence-electron chi connectivity index (χ1n) is 5.41. The molecule has 0 unspecified atom stereocenters. The van der Waals surface area contributed by atoms with Crippen LogP contribution >= 0.6 is 0 Å². The van der Waals surface area contributed by atoms with E-state index < -0.39 is 10.9 Å². The van der Waals surface area contributed by atoms with E-state index in [1.54, 1.807) is 35.0 Å². The van der Waals surface area contributed by atoms with Gasteiger partial charge in [0, 0.05) is 18.0 Å². The molecule has 2 rings (SSSR count). The Morgan fingerprint density at radius 1 is 1.26 bits per heavy atom. The van der Waals surface area contributed by atoms with Gasteiger partial charge >= 0.3 is 5.97 Å². The molecule has 0 aliphatic rings. The first kappa shape index (κ1) is 12.6. The number of nitrogens with zero attached hydrogens (tertiary/aromatic N) is 2. The summed E-state index contributed by atoms with van der Waals surface area (Å²) in [5.41, 5.74) is 1.57. The molecular weight excluding hydrogens is 248 g/mol. The highest BCUT2D eigenvalue weighted by Crippen LogP contribution is 2.15. The standard InChI is InChI=1S/C13H10N2O4/c16-13(17)10-3-5-12(6-4-10)14-8-1-2-11(14)7-9-15(18)19/h1-9H,(H,16,17)/b9-7+. The minimum Gasteiger partial charge on any atom is -0.478 e. The lowest BCUT2D eigenvalue weighted by molar-refractivity contribution is -0.401. The van der Waals surface area contributed by atoms with Crippen LogP contribution in [0.5, 0.6) is 0 Å². The molecule has 1 N–H and O–H groups in total. The molecular formula is C13H10N2O4. The van der Waals surface area contributed by atoms with Gasteiger partial charge in [-0.2, -0.15) is 0 Å². The molecule has 1 heterocycles. The third kappa shape index (κ3) is 2.86. The van der Waals surface area contributed by atoms with Gasteiger partial charge in [0.2, 0.25) is 6.20 Å². The van der Waals surface area contributed by atoms with Crippen molar-refractivity contribution in [2.45, 2.75) is 0 Å². The number of aromatic carboxylic acids is 1. The highest BCUT2D eigenvalue weighted by Gasteiger charge is 2.05. The fourth-order valence-electron chi connectivity index (χ4n) is 1.67. The smallest absolute Gasteiger partial charge is 0.335 e. The SMILES string of the molecule is O=C(O)c1ccc(-n2cccc2/C=C/[N+](=O)[O-])cc1. The van der Waals surface area contributed by atoms with Crippen molar-refractivity contribution in [1.82, 2.24) is 4.57 Å². The molecule has 0 aliphatic heterocycles. The Balaban J connectivity index is 2.34. The van der Waals surface area contributed by atoms with Crippen molar-refractivity contribution in [3.63, 3.8) is 0 Å². The molecule has 19 heavy (non-hydrogen) atoms. The largest absolute Gasteiger partial charge is 0.478 e. The molecule has 1 aromatic heterocycles. The normalized spacial score (nSPS) is 10.7. The lowest BCUT2D eigenvalue weighted by atomic mass is 10.2. The summed E-state index contributed by atoms with van der Waals surface area (Å²) in [7, 11) is 0. The van der Waals surface area contributed by atoms with Gasteiger partial charge in [0.1, 0.15) is 0 Å². The molecule has 0 aliphatic carbocycles. The number of nitro groups is 1. The van der Waals surface area contributed by atoms with Gasteiger partial charge in [-0.05, 0) is 36.4 Å². The molecule has 0 saturated heterocycles. The second kappa shape index (κ2) is 5.18. The van der Waals surface area contributed by atoms with E-state index in [0.717, 1.165) is 11.9 Å². The summed E-state index contributed by atoms with van der Waals surface area (Å²) in [5, 5.41) is 19.1. The van der Waals surface area contributed by atoms with E-state index in [0.29, 0.717) is 5.69 Å². The molecule has 0 atom stereocenters. The van der Waals surface area contributed by atoms with E-state index in [2.05, 4.69) is 0 Å². The quantitative estimate of drug-likeness (QED) is 0.674. The van der Waals surface area contributed by atoms with E-state index in [1.807, 2.05) is 0 Å². The van der Waals surface area contributed by atoms with Gasteiger partial charge < -0.3 is 9.67 Å². The molecule has 2 aromatic rings. The second-order valence-electron chi connectivity index (χ2n) is 3.76. The molecule has 0 spiro atoms. The summed E-state index contributed by atoms with van der Waals surface area (Å²) in [6, 6.07) is 9.74. The van der Waals surface area contributed by atoms with Crippen LogP contribution in [0.3, 0.4) is 0 Å². The van der Waals surface area contributed by atoms with E-state index >= 15 is 0 Å². The molecule has 0 saturated carbocycles. The van der Waals surface area contributed by atoms with Crippen molar-refractivity contribution in [3.8, 4) is 5.69 Å². The number of hydrogen-bond acceptors (Lipinski definition) is 3. The van der Waals surface area contributed by atoms with E-state index in [9.17, 15) is 14.9 Å². The average molecular weight is 258 g/mol. The third-order valence-corrected chi connectivity index (χ3v) is 2.54. The molecule has 0 amide bonds. The van der Waals surface area contributed by atoms with Crippen molar-refractivity contribution in [1.29, 1.82) is 0 Å². The van der Waals surface area contributed by atoms with Crippen LogP contribution < -0.4 is 0 Å². The average Bonchev–Trinajstić information content (AvgIpc) is 2.84. The highest BCUT2D eigenvalue weighted by molar-refractivity contribution is 5.87. The Morgan fingerprint density at radius 3 is 2.53 bits per heavy atom. The fraction of sp³-hybridized carbons (Fsp3) is 0. The number of benzene rings is 1. The van der Waals surface area contributed by atoms with Crippen molar-refractivity contribution < 1.29 is 14.8 Å². The fourth-order valence-corrected chi connectivity index (χ4v) is 1.67. The summed E-state index contributed by atoms with van der Waals surface area (Å²) < 4.78 is 1.73. The number of carboxylic acid groups (broad SMARTS) is 1. The van der Waals surface area contributed by atoms with Gasteiger partial charge in [0.05, 0.1) is 16.2 Å². The monoisotopic (exact) mass is 258 g/mol. The van der Waals surface area contributed by atoms with Gasteiger partial charge in [-0.3, -0.25) is 10.1 Å². The molecule has 0 radical (unpaired) electrons. The van der Waals surface area contributed by atoms with Crippen LogP contribution in [0.4, 0.5) is 0 Å². The van der Waals surface area contributed by atoms with Crippen molar-refractivity contribution >= 4 is 12.0 Å². The van der Waals surface area contributed by atoms with Crippen LogP contribution in [0.2, 0.25) is 0 Å². The van der Waals surface area contributed by atoms with Crippen molar-refractivity contribution in [2.24, 2.45) is 0 Å². The first-order valence-corrected chi connectivity index (χ1v) is 5.41. The zero-order valence-electron chi connectivity index (χ0n) is 9.76. The maximum atomic E-state index is 10.8. The van der Waals surface area contributed by atoms with E-state index in [-0.39, 0.29) is 5.56 Å². The summed E-state index contributed by atoms with van der Waals surface area (Å²) in [6.07, 6.45) is 3.98. The number of carboxylic acids is 1. The molecule has 0 bridgehead atoms. The Labute approximate surface area is 108 Å². The van der Waals surface area contributed by atoms with E-state index in [4.69, 9.17) is 5.11 Å². The van der Waals surface area contributed by atoms with Crippen LogP contribution in [0.25, 0.3) is 11.8 Å². The predicted molar refractivity (Wildman–Crippen MR) is 68.8 cm³/mol. The van der Waals surface area contributed by atoms with Crippen LogP contribution in [0.15, 0.2) is 48.8 Å². The Morgan fingerprint density at radius 2 is 1.95 bits per heavy atom. The summed E-state index contributed by atoms with van der Waals surface area (Å²) in [5.74, 6) is -0.993. The van der Waals surface area contributed by atoms with Gasteiger partial charge in [-0.15, -0.1) is 0 Å². The molecule has 6 heteroatoms. The van der Waals surface area contributed by atoms with Gasteiger partial charge in [-0.1, -0.05) is 0 Å². The third-order valence-electron chi connectivity index (χ3n) is 2.54. The van der Waals surface area contributed by atoms with E-state index in [1.165, 1.54) is 18.2 Å². The van der Waals surface area contributed by atoms with Crippen LogP contribution in [-0.2, 0) is 0 Å². The highest BCUT2D eigenvalue weighted by atomic mass is 16.6. The maximum absolute atomic E-state index is 10.8. The topological polar surface area (TPSA) is 85.4 Å². The van der Waals surface area contributed by atoms with Gasteiger partial charge in [-0.25, -0.2) is 4.79 Å². The molecule has 0 fully saturated rings. The molecule has 96 valence electrons. The van der Waals surface area contributed by atoms with Crippen LogP contribution in [0.1, 0.15) is 16.1 Å². The molecule has 1 aromatic carbocycles. The Hall–Kier alpha value is -2.89. The summed E-state index contributed by atoms with van der Waals surface area (Å²) in [4.78, 5) is 20.5. The van der Waals surface area contributed by atoms with Crippen LogP contribution in [-0.4, -0.2) is 20.6 Å². The van der Waals surface area contributed by atoms with Crippen LogP contribution in [0, 0.1) is 10.1 Å². The number of hydrogen-bond donors (Lipinski definition) is 1. The van der Waals surface area contributed by atoms with Crippen molar-refractivity contribution in [3.05, 3.63) is 70.2 Å². The van der Waals surface area contributed by atoms with Gasteiger partial charge in [0.15, 0.2) is 0 Å².